The van der Waals surface area contributed by atoms with Gasteiger partial charge in [0.25, 0.3) is 5.91 Å². The highest BCUT2D eigenvalue weighted by Crippen LogP contribution is 2.32. The second-order valence-electron chi connectivity index (χ2n) is 6.30. The lowest BCUT2D eigenvalue weighted by atomic mass is 10.0. The van der Waals surface area contributed by atoms with Gasteiger partial charge in [0, 0.05) is 31.2 Å². The van der Waals surface area contributed by atoms with Crippen LogP contribution in [-0.4, -0.2) is 22.4 Å². The van der Waals surface area contributed by atoms with Crippen LogP contribution in [-0.2, 0) is 13.0 Å². The molecule has 1 N–H and O–H groups in total. The van der Waals surface area contributed by atoms with Gasteiger partial charge in [0.2, 0.25) is 0 Å². The topological polar surface area (TPSA) is 58.1 Å². The summed E-state index contributed by atoms with van der Waals surface area (Å²) in [7, 11) is 0. The quantitative estimate of drug-likeness (QED) is 0.787. The van der Waals surface area contributed by atoms with Crippen LogP contribution in [0.15, 0.2) is 67.0 Å². The lowest BCUT2D eigenvalue weighted by Gasteiger charge is -2.30. The molecule has 5 heteroatoms. The number of hydrogen-bond donors (Lipinski definition) is 1. The molecule has 26 heavy (non-hydrogen) atoms. The van der Waals surface area contributed by atoms with Crippen molar-refractivity contribution in [2.75, 3.05) is 11.4 Å². The number of hydrogen-bond acceptors (Lipinski definition) is 4. The van der Waals surface area contributed by atoms with E-state index in [2.05, 4.69) is 38.4 Å². The van der Waals surface area contributed by atoms with E-state index in [-0.39, 0.29) is 5.91 Å². The summed E-state index contributed by atoms with van der Waals surface area (Å²) < 4.78 is 0. The van der Waals surface area contributed by atoms with E-state index in [0.717, 1.165) is 30.8 Å². The first-order valence-electron chi connectivity index (χ1n) is 8.81. The summed E-state index contributed by atoms with van der Waals surface area (Å²) in [6.07, 6.45) is 5.60. The minimum atomic E-state index is -0.172. The number of para-hydroxylation sites is 1. The Morgan fingerprint density at radius 1 is 1.04 bits per heavy atom. The molecule has 2 aromatic heterocycles. The van der Waals surface area contributed by atoms with Gasteiger partial charge >= 0.3 is 0 Å². The fraction of sp³-hybridized carbons (Fsp3) is 0.190. The van der Waals surface area contributed by atoms with E-state index >= 15 is 0 Å². The molecule has 3 aromatic rings. The highest BCUT2D eigenvalue weighted by atomic mass is 16.1. The van der Waals surface area contributed by atoms with E-state index in [0.29, 0.717) is 12.2 Å². The molecule has 1 aromatic carbocycles. The number of anilines is 2. The normalized spacial score (nSPS) is 13.2. The predicted octanol–water partition coefficient (Wildman–Crippen LogP) is 3.49. The molecule has 0 saturated carbocycles. The van der Waals surface area contributed by atoms with Gasteiger partial charge in [-0.25, -0.2) is 4.98 Å². The summed E-state index contributed by atoms with van der Waals surface area (Å²) in [6.45, 7) is 1.37. The van der Waals surface area contributed by atoms with Crippen LogP contribution in [0, 0.1) is 0 Å². The van der Waals surface area contributed by atoms with E-state index in [9.17, 15) is 4.79 Å². The molecular formula is C21H20N4O. The van der Waals surface area contributed by atoms with E-state index in [4.69, 9.17) is 0 Å². The zero-order chi connectivity index (χ0) is 17.8. The number of rotatable bonds is 4. The first kappa shape index (κ1) is 16.3. The maximum atomic E-state index is 12.5. The highest BCUT2D eigenvalue weighted by Gasteiger charge is 2.19. The molecule has 4 rings (SSSR count). The molecule has 0 unspecified atom stereocenters. The molecule has 0 spiro atoms. The summed E-state index contributed by atoms with van der Waals surface area (Å²) in [5.74, 6) is 0.641. The van der Waals surface area contributed by atoms with Crippen LogP contribution in [0.1, 0.15) is 28.0 Å². The Hall–Kier alpha value is -3.21. The molecule has 5 nitrogen and oxygen atoms in total. The van der Waals surface area contributed by atoms with Crippen molar-refractivity contribution < 1.29 is 4.79 Å². The fourth-order valence-corrected chi connectivity index (χ4v) is 3.25. The summed E-state index contributed by atoms with van der Waals surface area (Å²) >= 11 is 0. The Morgan fingerprint density at radius 3 is 2.77 bits per heavy atom. The van der Waals surface area contributed by atoms with Crippen LogP contribution >= 0.6 is 0 Å². The van der Waals surface area contributed by atoms with Crippen LogP contribution in [0.4, 0.5) is 11.5 Å². The second-order valence-corrected chi connectivity index (χ2v) is 6.30. The third kappa shape index (κ3) is 3.42. The largest absolute Gasteiger partial charge is 0.347 e. The van der Waals surface area contributed by atoms with E-state index in [1.807, 2.05) is 30.3 Å². The van der Waals surface area contributed by atoms with Crippen molar-refractivity contribution in [1.29, 1.82) is 0 Å². The number of aryl methyl sites for hydroxylation is 1. The number of pyridine rings is 2. The van der Waals surface area contributed by atoms with Gasteiger partial charge in [-0.05, 0) is 54.3 Å². The van der Waals surface area contributed by atoms with Gasteiger partial charge in [-0.2, -0.15) is 0 Å². The number of nitrogens with one attached hydrogen (secondary N) is 1. The van der Waals surface area contributed by atoms with Crippen LogP contribution < -0.4 is 10.2 Å². The van der Waals surface area contributed by atoms with Gasteiger partial charge in [0.15, 0.2) is 0 Å². The molecule has 1 amide bonds. The standard InChI is InChI=1S/C21H20N4O/c26-21(23-15-16-10-12-22-13-11-16)18-7-3-9-20(24-18)25-14-4-6-17-5-1-2-8-19(17)25/h1-3,5,7-13H,4,6,14-15H2,(H,23,26). The van der Waals surface area contributed by atoms with Crippen molar-refractivity contribution in [2.24, 2.45) is 0 Å². The average Bonchev–Trinajstić information content (AvgIpc) is 2.72. The van der Waals surface area contributed by atoms with Gasteiger partial charge in [-0.15, -0.1) is 0 Å². The number of carbonyl (C=O) groups is 1. The minimum absolute atomic E-state index is 0.172. The summed E-state index contributed by atoms with van der Waals surface area (Å²) in [6, 6.07) is 17.8. The Kier molecular flexibility index (Phi) is 4.60. The molecule has 0 fully saturated rings. The van der Waals surface area contributed by atoms with Crippen LogP contribution in [0.2, 0.25) is 0 Å². The van der Waals surface area contributed by atoms with Gasteiger partial charge in [-0.1, -0.05) is 24.3 Å². The van der Waals surface area contributed by atoms with Gasteiger partial charge < -0.3 is 10.2 Å². The van der Waals surface area contributed by atoms with Crippen molar-refractivity contribution in [2.45, 2.75) is 19.4 Å². The first-order chi connectivity index (χ1) is 12.8. The second kappa shape index (κ2) is 7.35. The number of benzene rings is 1. The summed E-state index contributed by atoms with van der Waals surface area (Å²) in [5.41, 5.74) is 3.95. The molecule has 0 aliphatic carbocycles. The zero-order valence-corrected chi connectivity index (χ0v) is 14.4. The molecule has 0 saturated heterocycles. The van der Waals surface area contributed by atoms with Crippen LogP contribution in [0.5, 0.6) is 0 Å². The number of carbonyl (C=O) groups excluding carboxylic acids is 1. The van der Waals surface area contributed by atoms with Gasteiger partial charge in [-0.3, -0.25) is 9.78 Å². The molecular weight excluding hydrogens is 324 g/mol. The lowest BCUT2D eigenvalue weighted by molar-refractivity contribution is 0.0946. The molecule has 0 atom stereocenters. The monoisotopic (exact) mass is 344 g/mol. The van der Waals surface area contributed by atoms with E-state index in [1.54, 1.807) is 18.5 Å². The minimum Gasteiger partial charge on any atom is -0.347 e. The van der Waals surface area contributed by atoms with E-state index in [1.165, 1.54) is 11.3 Å². The maximum absolute atomic E-state index is 12.5. The van der Waals surface area contributed by atoms with Crippen LogP contribution in [0.25, 0.3) is 0 Å². The van der Waals surface area contributed by atoms with Crippen molar-refractivity contribution in [3.8, 4) is 0 Å². The van der Waals surface area contributed by atoms with Crippen LogP contribution in [0.3, 0.4) is 0 Å². The number of amides is 1. The van der Waals surface area contributed by atoms with Crippen molar-refractivity contribution in [3.63, 3.8) is 0 Å². The molecule has 130 valence electrons. The van der Waals surface area contributed by atoms with Crippen molar-refractivity contribution >= 4 is 17.4 Å². The predicted molar refractivity (Wildman–Crippen MR) is 101 cm³/mol. The van der Waals surface area contributed by atoms with Gasteiger partial charge in [0.1, 0.15) is 11.5 Å². The van der Waals surface area contributed by atoms with E-state index < -0.39 is 0 Å². The maximum Gasteiger partial charge on any atom is 0.270 e. The van der Waals surface area contributed by atoms with Crippen molar-refractivity contribution in [3.05, 3.63) is 83.8 Å². The Balaban J connectivity index is 1.53. The molecule has 0 bridgehead atoms. The lowest BCUT2D eigenvalue weighted by Crippen LogP contribution is -2.27. The molecule has 3 heterocycles. The smallest absolute Gasteiger partial charge is 0.270 e. The fourth-order valence-electron chi connectivity index (χ4n) is 3.25. The van der Waals surface area contributed by atoms with Gasteiger partial charge in [0.05, 0.1) is 0 Å². The highest BCUT2D eigenvalue weighted by molar-refractivity contribution is 5.92. The Bertz CT molecular complexity index is 911. The molecule has 0 radical (unpaired) electrons. The zero-order valence-electron chi connectivity index (χ0n) is 14.4. The summed E-state index contributed by atoms with van der Waals surface area (Å²) in [4.78, 5) is 23.3. The molecule has 1 aliphatic heterocycles. The van der Waals surface area contributed by atoms with Crippen molar-refractivity contribution in [1.82, 2.24) is 15.3 Å². The Labute approximate surface area is 152 Å². The third-order valence-electron chi connectivity index (χ3n) is 4.56. The number of nitrogens with zero attached hydrogens (tertiary/aromatic N) is 3. The molecule has 1 aliphatic rings. The average molecular weight is 344 g/mol. The number of aromatic nitrogens is 2. The summed E-state index contributed by atoms with van der Waals surface area (Å²) in [5, 5.41) is 2.92. The Morgan fingerprint density at radius 2 is 1.88 bits per heavy atom. The SMILES string of the molecule is O=C(NCc1ccncc1)c1cccc(N2CCCc3ccccc32)n1. The third-order valence-corrected chi connectivity index (χ3v) is 4.56. The first-order valence-corrected chi connectivity index (χ1v) is 8.81. The number of fused-ring (bicyclic) bond motifs is 1.